The summed E-state index contributed by atoms with van der Waals surface area (Å²) in [6.45, 7) is 2.06. The normalized spacial score (nSPS) is 19.3. The number of carbonyl (C=O) groups is 1. The number of β-amino-alcohol motifs (C(OH)–C–C–N with tert-alkyl or cyclic N) is 1. The predicted octanol–water partition coefficient (Wildman–Crippen LogP) is 0.318. The van der Waals surface area contributed by atoms with Crippen LogP contribution < -0.4 is 20.1 Å². The lowest BCUT2D eigenvalue weighted by Crippen LogP contribution is -2.34. The molecule has 2 heterocycles. The molecule has 140 valence electrons. The van der Waals surface area contributed by atoms with Crippen molar-refractivity contribution >= 4 is 5.91 Å². The van der Waals surface area contributed by atoms with Crippen LogP contribution in [0.25, 0.3) is 0 Å². The van der Waals surface area contributed by atoms with Crippen molar-refractivity contribution in [2.45, 2.75) is 12.7 Å². The number of aliphatic hydroxyl groups excluding tert-OH is 1. The average molecular weight is 360 g/mol. The van der Waals surface area contributed by atoms with Crippen molar-refractivity contribution in [3.05, 3.63) is 41.7 Å². The Morgan fingerprint density at radius 1 is 1.42 bits per heavy atom. The summed E-state index contributed by atoms with van der Waals surface area (Å²) in [6.07, 6.45) is 3.19. The Hall–Kier alpha value is -2.58. The highest BCUT2D eigenvalue weighted by Crippen LogP contribution is 2.28. The van der Waals surface area contributed by atoms with Gasteiger partial charge in [0.2, 0.25) is 0 Å². The van der Waals surface area contributed by atoms with Crippen LogP contribution >= 0.6 is 0 Å². The third kappa shape index (κ3) is 4.33. The van der Waals surface area contributed by atoms with E-state index in [1.807, 2.05) is 13.2 Å². The van der Waals surface area contributed by atoms with Gasteiger partial charge in [0.15, 0.2) is 11.5 Å². The van der Waals surface area contributed by atoms with Gasteiger partial charge in [0.1, 0.15) is 6.61 Å². The molecule has 3 rings (SSSR count). The molecule has 0 radical (unpaired) electrons. The van der Waals surface area contributed by atoms with Gasteiger partial charge in [0.05, 0.1) is 19.4 Å². The molecular weight excluding hydrogens is 336 g/mol. The molecule has 26 heavy (non-hydrogen) atoms. The third-order valence-corrected chi connectivity index (χ3v) is 4.41. The fourth-order valence-electron chi connectivity index (χ4n) is 2.89. The second kappa shape index (κ2) is 8.20. The summed E-state index contributed by atoms with van der Waals surface area (Å²) in [7, 11) is 3.38. The second-order valence-corrected chi connectivity index (χ2v) is 6.37. The van der Waals surface area contributed by atoms with Crippen LogP contribution in [-0.4, -0.2) is 53.6 Å². The lowest BCUT2D eigenvalue weighted by atomic mass is 10.1. The largest absolute Gasteiger partial charge is 0.493 e. The summed E-state index contributed by atoms with van der Waals surface area (Å²) in [5, 5.41) is 19.8. The number of aliphatic hydroxyl groups is 1. The number of hydrogen-bond acceptors (Lipinski definition) is 6. The van der Waals surface area contributed by atoms with E-state index in [1.54, 1.807) is 29.1 Å². The molecule has 0 aliphatic carbocycles. The van der Waals surface area contributed by atoms with Crippen LogP contribution in [0.2, 0.25) is 0 Å². The van der Waals surface area contributed by atoms with Crippen molar-refractivity contribution in [2.24, 2.45) is 13.0 Å². The fraction of sp³-hybridized carbons (Fsp3) is 0.444. The zero-order chi connectivity index (χ0) is 18.5. The van der Waals surface area contributed by atoms with Crippen LogP contribution in [0.1, 0.15) is 15.9 Å². The van der Waals surface area contributed by atoms with Gasteiger partial charge in [0.25, 0.3) is 5.91 Å². The number of nitrogens with one attached hydrogen (secondary N) is 2. The Bertz CT molecular complexity index is 761. The molecule has 0 spiro atoms. The molecule has 0 saturated carbocycles. The molecule has 1 aromatic carbocycles. The van der Waals surface area contributed by atoms with E-state index in [0.717, 1.165) is 5.56 Å². The minimum atomic E-state index is -0.423. The minimum absolute atomic E-state index is 0.0305. The summed E-state index contributed by atoms with van der Waals surface area (Å²) in [6, 6.07) is 5.06. The molecule has 8 nitrogen and oxygen atoms in total. The smallest absolute Gasteiger partial charge is 0.251 e. The monoisotopic (exact) mass is 360 g/mol. The molecule has 1 aliphatic heterocycles. The van der Waals surface area contributed by atoms with Gasteiger partial charge in [0, 0.05) is 49.9 Å². The number of ether oxygens (including phenoxy) is 2. The van der Waals surface area contributed by atoms with E-state index in [9.17, 15) is 9.90 Å². The van der Waals surface area contributed by atoms with E-state index < -0.39 is 6.10 Å². The first-order chi connectivity index (χ1) is 12.6. The maximum atomic E-state index is 12.3. The zero-order valence-corrected chi connectivity index (χ0v) is 14.9. The maximum Gasteiger partial charge on any atom is 0.251 e. The SMILES string of the molecule is COc1cc(C(=O)NCC2CNCC2O)ccc1OCc1cnn(C)c1. The number of benzene rings is 1. The highest BCUT2D eigenvalue weighted by Gasteiger charge is 2.25. The molecule has 1 aliphatic rings. The van der Waals surface area contributed by atoms with Crippen LogP contribution in [0.4, 0.5) is 0 Å². The number of aryl methyl sites for hydroxylation is 1. The highest BCUT2D eigenvalue weighted by molar-refractivity contribution is 5.94. The van der Waals surface area contributed by atoms with Gasteiger partial charge in [-0.2, -0.15) is 5.10 Å². The van der Waals surface area contributed by atoms with E-state index in [0.29, 0.717) is 43.3 Å². The summed E-state index contributed by atoms with van der Waals surface area (Å²) < 4.78 is 12.8. The summed E-state index contributed by atoms with van der Waals surface area (Å²) in [5.74, 6) is 0.872. The van der Waals surface area contributed by atoms with E-state index in [2.05, 4.69) is 15.7 Å². The first-order valence-corrected chi connectivity index (χ1v) is 8.52. The van der Waals surface area contributed by atoms with E-state index in [4.69, 9.17) is 9.47 Å². The predicted molar refractivity (Wildman–Crippen MR) is 95.2 cm³/mol. The number of nitrogens with zero attached hydrogens (tertiary/aromatic N) is 2. The summed E-state index contributed by atoms with van der Waals surface area (Å²) >= 11 is 0. The lowest BCUT2D eigenvalue weighted by molar-refractivity contribution is 0.0926. The van der Waals surface area contributed by atoms with Gasteiger partial charge in [-0.05, 0) is 18.2 Å². The number of hydrogen-bond donors (Lipinski definition) is 3. The fourth-order valence-corrected chi connectivity index (χ4v) is 2.89. The third-order valence-electron chi connectivity index (χ3n) is 4.41. The van der Waals surface area contributed by atoms with Crippen molar-refractivity contribution in [3.8, 4) is 11.5 Å². The Kier molecular flexibility index (Phi) is 5.75. The van der Waals surface area contributed by atoms with Crippen molar-refractivity contribution in [1.82, 2.24) is 20.4 Å². The Balaban J connectivity index is 1.60. The molecule has 2 unspecified atom stereocenters. The van der Waals surface area contributed by atoms with Gasteiger partial charge in [-0.1, -0.05) is 0 Å². The van der Waals surface area contributed by atoms with Gasteiger partial charge < -0.3 is 25.2 Å². The van der Waals surface area contributed by atoms with E-state index >= 15 is 0 Å². The van der Waals surface area contributed by atoms with Crippen molar-refractivity contribution in [3.63, 3.8) is 0 Å². The number of methoxy groups -OCH3 is 1. The van der Waals surface area contributed by atoms with Crippen LogP contribution in [0.3, 0.4) is 0 Å². The van der Waals surface area contributed by atoms with Crippen molar-refractivity contribution in [2.75, 3.05) is 26.7 Å². The standard InChI is InChI=1S/C18H24N4O4/c1-22-10-12(6-21-22)11-26-16-4-3-13(5-17(16)25-2)18(24)20-8-14-7-19-9-15(14)23/h3-6,10,14-15,19,23H,7-9,11H2,1-2H3,(H,20,24). The van der Waals surface area contributed by atoms with Gasteiger partial charge in [-0.15, -0.1) is 0 Å². The quantitative estimate of drug-likeness (QED) is 0.658. The first kappa shape index (κ1) is 18.2. The van der Waals surface area contributed by atoms with Gasteiger partial charge >= 0.3 is 0 Å². The molecule has 8 heteroatoms. The molecule has 1 saturated heterocycles. The average Bonchev–Trinajstić information content (AvgIpc) is 3.25. The van der Waals surface area contributed by atoms with Crippen LogP contribution in [0.5, 0.6) is 11.5 Å². The number of rotatable bonds is 7. The summed E-state index contributed by atoms with van der Waals surface area (Å²) in [5.41, 5.74) is 1.43. The van der Waals surface area contributed by atoms with Crippen molar-refractivity contribution in [1.29, 1.82) is 0 Å². The molecule has 3 N–H and O–H groups in total. The van der Waals surface area contributed by atoms with Crippen LogP contribution in [0.15, 0.2) is 30.6 Å². The maximum absolute atomic E-state index is 12.3. The number of amides is 1. The molecule has 2 atom stereocenters. The van der Waals surface area contributed by atoms with E-state index in [1.165, 1.54) is 7.11 Å². The van der Waals surface area contributed by atoms with Crippen LogP contribution in [0, 0.1) is 5.92 Å². The molecule has 1 amide bonds. The molecular formula is C18H24N4O4. The molecule has 1 fully saturated rings. The number of aromatic nitrogens is 2. The second-order valence-electron chi connectivity index (χ2n) is 6.37. The molecule has 2 aromatic rings. The van der Waals surface area contributed by atoms with Crippen LogP contribution in [-0.2, 0) is 13.7 Å². The van der Waals surface area contributed by atoms with Crippen molar-refractivity contribution < 1.29 is 19.4 Å². The first-order valence-electron chi connectivity index (χ1n) is 8.52. The Morgan fingerprint density at radius 2 is 2.27 bits per heavy atom. The Morgan fingerprint density at radius 3 is 2.92 bits per heavy atom. The lowest BCUT2D eigenvalue weighted by Gasteiger charge is -2.15. The summed E-state index contributed by atoms with van der Waals surface area (Å²) in [4.78, 5) is 12.3. The molecule has 0 bridgehead atoms. The minimum Gasteiger partial charge on any atom is -0.493 e. The highest BCUT2D eigenvalue weighted by atomic mass is 16.5. The number of carbonyl (C=O) groups excluding carboxylic acids is 1. The van der Waals surface area contributed by atoms with Gasteiger partial charge in [-0.3, -0.25) is 9.48 Å². The molecule has 1 aromatic heterocycles. The topological polar surface area (TPSA) is 97.6 Å². The Labute approximate surface area is 152 Å². The van der Waals surface area contributed by atoms with E-state index in [-0.39, 0.29) is 11.8 Å². The zero-order valence-electron chi connectivity index (χ0n) is 14.9. The van der Waals surface area contributed by atoms with Gasteiger partial charge in [-0.25, -0.2) is 0 Å².